The molecule has 15 heavy (non-hydrogen) atoms. The van der Waals surface area contributed by atoms with Gasteiger partial charge in [0.05, 0.1) is 5.92 Å². The minimum atomic E-state index is -1.46. The van der Waals surface area contributed by atoms with Gasteiger partial charge in [-0.3, -0.25) is 4.79 Å². The number of hydrogen-bond donors (Lipinski definition) is 2. The molecular formula is C8H9FNNaO4. The third kappa shape index (κ3) is 1.51. The van der Waals surface area contributed by atoms with Gasteiger partial charge in [0.15, 0.2) is 0 Å². The Hall–Kier alpha value is -0.170. The summed E-state index contributed by atoms with van der Waals surface area (Å²) in [6, 6.07) is 0. The van der Waals surface area contributed by atoms with Crippen molar-refractivity contribution >= 4 is 11.9 Å². The molecule has 0 spiro atoms. The Morgan fingerprint density at radius 2 is 2.07 bits per heavy atom. The average Bonchev–Trinajstić information content (AvgIpc) is 2.60. The molecule has 5 nitrogen and oxygen atoms in total. The first kappa shape index (κ1) is 12.9. The van der Waals surface area contributed by atoms with Crippen LogP contribution < -0.4 is 40.4 Å². The van der Waals surface area contributed by atoms with E-state index in [0.29, 0.717) is 0 Å². The third-order valence-electron chi connectivity index (χ3n) is 3.37. The maximum Gasteiger partial charge on any atom is 1.00 e. The number of carboxylic acid groups (broad SMARTS) is 2. The molecule has 5 atom stereocenters. The largest absolute Gasteiger partial charge is 1.00 e. The zero-order chi connectivity index (χ0) is 10.7. The monoisotopic (exact) mass is 225 g/mol. The molecule has 0 aliphatic heterocycles. The van der Waals surface area contributed by atoms with E-state index in [-0.39, 0.29) is 36.0 Å². The van der Waals surface area contributed by atoms with Crippen molar-refractivity contribution in [3.8, 4) is 0 Å². The molecule has 0 heterocycles. The van der Waals surface area contributed by atoms with Gasteiger partial charge in [0.2, 0.25) is 0 Å². The van der Waals surface area contributed by atoms with Gasteiger partial charge in [-0.1, -0.05) is 0 Å². The summed E-state index contributed by atoms with van der Waals surface area (Å²) in [5.74, 6) is -5.80. The van der Waals surface area contributed by atoms with Crippen molar-refractivity contribution in [2.45, 2.75) is 18.1 Å². The van der Waals surface area contributed by atoms with E-state index >= 15 is 0 Å². The number of rotatable bonds is 2. The second-order valence-electron chi connectivity index (χ2n) is 3.97. The molecule has 2 aliphatic rings. The van der Waals surface area contributed by atoms with Crippen LogP contribution >= 0.6 is 0 Å². The number of fused-ring (bicyclic) bond motifs is 1. The van der Waals surface area contributed by atoms with Crippen LogP contribution in [0.25, 0.3) is 0 Å². The Balaban J connectivity index is 0.00000112. The number of alkyl halides is 1. The predicted molar refractivity (Wildman–Crippen MR) is 39.5 cm³/mol. The van der Waals surface area contributed by atoms with Gasteiger partial charge in [-0.15, -0.1) is 0 Å². The van der Waals surface area contributed by atoms with Crippen LogP contribution in [0.3, 0.4) is 0 Å². The summed E-state index contributed by atoms with van der Waals surface area (Å²) in [4.78, 5) is 21.2. The second-order valence-corrected chi connectivity index (χ2v) is 3.97. The van der Waals surface area contributed by atoms with Gasteiger partial charge >= 0.3 is 35.5 Å². The molecule has 0 saturated heterocycles. The quantitative estimate of drug-likeness (QED) is 0.458. The van der Waals surface area contributed by atoms with Crippen LogP contribution in [0.15, 0.2) is 0 Å². The van der Waals surface area contributed by atoms with Crippen molar-refractivity contribution < 1.29 is 53.7 Å². The smallest absolute Gasteiger partial charge is 0.550 e. The molecule has 7 heteroatoms. The summed E-state index contributed by atoms with van der Waals surface area (Å²) in [6.07, 6.45) is -1.67. The van der Waals surface area contributed by atoms with Gasteiger partial charge in [0.1, 0.15) is 6.17 Å². The fourth-order valence-electron chi connectivity index (χ4n) is 2.67. The number of halogens is 1. The van der Waals surface area contributed by atoms with Crippen LogP contribution in [0, 0.1) is 17.8 Å². The summed E-state index contributed by atoms with van der Waals surface area (Å²) in [7, 11) is 0. The molecule has 2 aliphatic carbocycles. The standard InChI is InChI=1S/C8H10FNO4.Na/c9-3-1-2(6(11)12)8(10)4(3)5(8)7(13)14;/h2-5H,1,10H2,(H,11,12)(H,13,14);/q;+1/p-1. The van der Waals surface area contributed by atoms with E-state index in [1.165, 1.54) is 0 Å². The van der Waals surface area contributed by atoms with Crippen molar-refractivity contribution in [1.29, 1.82) is 0 Å². The van der Waals surface area contributed by atoms with E-state index < -0.39 is 41.4 Å². The van der Waals surface area contributed by atoms with Crippen molar-refractivity contribution in [2.75, 3.05) is 0 Å². The fraction of sp³-hybridized carbons (Fsp3) is 0.750. The van der Waals surface area contributed by atoms with E-state index in [1.54, 1.807) is 0 Å². The molecule has 0 aromatic heterocycles. The maximum absolute atomic E-state index is 13.2. The first-order chi connectivity index (χ1) is 6.40. The molecule has 0 bridgehead atoms. The third-order valence-corrected chi connectivity index (χ3v) is 3.37. The van der Waals surface area contributed by atoms with Crippen LogP contribution in [0.5, 0.6) is 0 Å². The van der Waals surface area contributed by atoms with Gasteiger partial charge < -0.3 is 20.7 Å². The second kappa shape index (κ2) is 3.69. The SMILES string of the molecule is NC12C(C(=O)[O-])CC(F)C1C2C(=O)O.[Na+]. The fourth-order valence-corrected chi connectivity index (χ4v) is 2.67. The average molecular weight is 225 g/mol. The predicted octanol–water partition coefficient (Wildman–Crippen LogP) is -4.87. The molecule has 2 fully saturated rings. The molecule has 5 unspecified atom stereocenters. The molecule has 0 radical (unpaired) electrons. The first-order valence-corrected chi connectivity index (χ1v) is 4.27. The van der Waals surface area contributed by atoms with Crippen molar-refractivity contribution in [3.63, 3.8) is 0 Å². The van der Waals surface area contributed by atoms with E-state index in [1.807, 2.05) is 0 Å². The number of nitrogens with two attached hydrogens (primary N) is 1. The van der Waals surface area contributed by atoms with Crippen LogP contribution in [0.4, 0.5) is 4.39 Å². The summed E-state index contributed by atoms with van der Waals surface area (Å²) in [6.45, 7) is 0. The number of carbonyl (C=O) groups is 2. The van der Waals surface area contributed by atoms with Crippen LogP contribution in [0.2, 0.25) is 0 Å². The van der Waals surface area contributed by atoms with E-state index in [4.69, 9.17) is 10.8 Å². The molecule has 2 rings (SSSR count). The maximum atomic E-state index is 13.2. The van der Waals surface area contributed by atoms with Gasteiger partial charge in [-0.05, 0) is 6.42 Å². The van der Waals surface area contributed by atoms with Crippen LogP contribution in [0.1, 0.15) is 6.42 Å². The summed E-state index contributed by atoms with van der Waals surface area (Å²) in [5, 5.41) is 19.3. The van der Waals surface area contributed by atoms with E-state index in [2.05, 4.69) is 0 Å². The molecule has 0 aromatic rings. The molecule has 2 saturated carbocycles. The molecule has 0 amide bonds. The van der Waals surface area contributed by atoms with Gasteiger partial charge in [0, 0.05) is 23.3 Å². The molecule has 0 aromatic carbocycles. The minimum absolute atomic E-state index is 0. The van der Waals surface area contributed by atoms with E-state index in [0.717, 1.165) is 0 Å². The number of carboxylic acids is 2. The summed E-state index contributed by atoms with van der Waals surface area (Å²) >= 11 is 0. The minimum Gasteiger partial charge on any atom is -0.550 e. The molecule has 3 N–H and O–H groups in total. The van der Waals surface area contributed by atoms with Crippen molar-refractivity contribution in [1.82, 2.24) is 0 Å². The Kier molecular flexibility index (Phi) is 3.17. The topological polar surface area (TPSA) is 103 Å². The van der Waals surface area contributed by atoms with Crippen molar-refractivity contribution in [3.05, 3.63) is 0 Å². The zero-order valence-corrected chi connectivity index (χ0v) is 10.1. The summed E-state index contributed by atoms with van der Waals surface area (Å²) in [5.41, 5.74) is 4.16. The normalized spacial score (nSPS) is 46.5. The number of hydrogen-bond acceptors (Lipinski definition) is 4. The number of carbonyl (C=O) groups excluding carboxylic acids is 1. The van der Waals surface area contributed by atoms with Gasteiger partial charge in [-0.25, -0.2) is 4.39 Å². The van der Waals surface area contributed by atoms with Gasteiger partial charge in [0.25, 0.3) is 0 Å². The Labute approximate surface area is 107 Å². The zero-order valence-electron chi connectivity index (χ0n) is 8.14. The molecular weight excluding hydrogens is 216 g/mol. The van der Waals surface area contributed by atoms with Crippen LogP contribution in [-0.2, 0) is 9.59 Å². The van der Waals surface area contributed by atoms with E-state index in [9.17, 15) is 19.1 Å². The Bertz CT molecular complexity index is 326. The van der Waals surface area contributed by atoms with Gasteiger partial charge in [-0.2, -0.15) is 0 Å². The first-order valence-electron chi connectivity index (χ1n) is 4.27. The Morgan fingerprint density at radius 3 is 2.40 bits per heavy atom. The van der Waals surface area contributed by atoms with Crippen molar-refractivity contribution in [2.24, 2.45) is 23.5 Å². The molecule has 78 valence electrons. The summed E-state index contributed by atoms with van der Waals surface area (Å²) < 4.78 is 13.2. The van der Waals surface area contributed by atoms with Crippen LogP contribution in [-0.4, -0.2) is 28.8 Å². The Morgan fingerprint density at radius 1 is 1.53 bits per heavy atom. The number of aliphatic carboxylic acids is 2.